The minimum absolute atomic E-state index is 0.0267. The van der Waals surface area contributed by atoms with Gasteiger partial charge in [0.1, 0.15) is 16.3 Å². The number of nitrogens with zero attached hydrogens (tertiary/aromatic N) is 4. The predicted octanol–water partition coefficient (Wildman–Crippen LogP) is 3.54. The molecule has 4 rings (SSSR count). The first-order valence-electron chi connectivity index (χ1n) is 12.9. The highest BCUT2D eigenvalue weighted by Crippen LogP contribution is 2.45. The maximum absolute atomic E-state index is 12.2. The van der Waals surface area contributed by atoms with Gasteiger partial charge in [-0.05, 0) is 66.8 Å². The summed E-state index contributed by atoms with van der Waals surface area (Å²) in [6.45, 7) is -0.0538. The molecule has 234 valence electrons. The molecule has 0 spiro atoms. The van der Waals surface area contributed by atoms with Gasteiger partial charge in [-0.15, -0.1) is 10.2 Å². The second-order valence-corrected chi connectivity index (χ2v) is 15.2. The highest BCUT2D eigenvalue weighted by molar-refractivity contribution is 7.95. The summed E-state index contributed by atoms with van der Waals surface area (Å²) in [6.07, 6.45) is 3.08. The van der Waals surface area contributed by atoms with E-state index >= 15 is 0 Å². The molecule has 0 fully saturated rings. The number of nitrogens with two attached hydrogens (primary N) is 3. The summed E-state index contributed by atoms with van der Waals surface area (Å²) in [5.74, 6) is -0.888. The fraction of sp³-hybridized carbons (Fsp3) is 0.231. The molecule has 1 aliphatic carbocycles. The Morgan fingerprint density at radius 1 is 0.773 bits per heavy atom. The third-order valence-corrected chi connectivity index (χ3v) is 11.1. The van der Waals surface area contributed by atoms with E-state index in [1.54, 1.807) is 0 Å². The van der Waals surface area contributed by atoms with Crippen LogP contribution in [0.3, 0.4) is 0 Å². The smallest absolute Gasteiger partial charge is 0.296 e. The highest BCUT2D eigenvalue weighted by atomic mass is 32.2. The Morgan fingerprint density at radius 2 is 1.43 bits per heavy atom. The van der Waals surface area contributed by atoms with Gasteiger partial charge >= 0.3 is 0 Å². The molecular formula is C26H29N7O8S3. The van der Waals surface area contributed by atoms with E-state index in [0.29, 0.717) is 5.70 Å². The number of benzene rings is 3. The van der Waals surface area contributed by atoms with Crippen LogP contribution in [-0.2, 0) is 29.8 Å². The second kappa shape index (κ2) is 12.9. The zero-order valence-corrected chi connectivity index (χ0v) is 25.5. The summed E-state index contributed by atoms with van der Waals surface area (Å²) in [6, 6.07) is 9.33. The monoisotopic (exact) mass is 663 g/mol. The van der Waals surface area contributed by atoms with E-state index in [1.807, 2.05) is 0 Å². The molecule has 15 nitrogen and oxygen atoms in total. The Bertz CT molecular complexity index is 2060. The average molecular weight is 664 g/mol. The molecule has 0 atom stereocenters. The van der Waals surface area contributed by atoms with Crippen LogP contribution in [0, 0.1) is 0 Å². The summed E-state index contributed by atoms with van der Waals surface area (Å²) >= 11 is 0. The van der Waals surface area contributed by atoms with Crippen LogP contribution in [0.5, 0.6) is 5.75 Å². The van der Waals surface area contributed by atoms with Gasteiger partial charge in [0.2, 0.25) is 0 Å². The van der Waals surface area contributed by atoms with E-state index in [9.17, 15) is 34.9 Å². The summed E-state index contributed by atoms with van der Waals surface area (Å²) < 4.78 is 83.1. The first-order valence-corrected chi connectivity index (χ1v) is 17.7. The number of fused-ring (bicyclic) bond motifs is 1. The maximum Gasteiger partial charge on any atom is 0.296 e. The predicted molar refractivity (Wildman–Crippen MR) is 164 cm³/mol. The number of hydrogen-bond donors (Lipinski definition) is 5. The summed E-state index contributed by atoms with van der Waals surface area (Å²) in [7, 11) is -11.9. The van der Waals surface area contributed by atoms with Crippen molar-refractivity contribution in [3.05, 3.63) is 65.2 Å². The lowest BCUT2D eigenvalue weighted by Crippen LogP contribution is -2.18. The van der Waals surface area contributed by atoms with E-state index in [2.05, 4.69) is 20.5 Å². The van der Waals surface area contributed by atoms with E-state index < -0.39 is 46.1 Å². The summed E-state index contributed by atoms with van der Waals surface area (Å²) in [4.78, 5) is -0.413. The van der Waals surface area contributed by atoms with Gasteiger partial charge in [-0.2, -0.15) is 18.6 Å². The van der Waals surface area contributed by atoms with Gasteiger partial charge in [0.05, 0.1) is 38.9 Å². The van der Waals surface area contributed by atoms with Crippen molar-refractivity contribution in [3.63, 3.8) is 0 Å². The fourth-order valence-electron chi connectivity index (χ4n) is 4.30. The fourth-order valence-corrected chi connectivity index (χ4v) is 7.32. The topological polar surface area (TPSA) is 270 Å². The van der Waals surface area contributed by atoms with Gasteiger partial charge in [-0.1, -0.05) is 6.07 Å². The Hall–Kier alpha value is -4.07. The van der Waals surface area contributed by atoms with Crippen LogP contribution in [0.2, 0.25) is 0 Å². The molecule has 18 heteroatoms. The Morgan fingerprint density at radius 3 is 2.02 bits per heavy atom. The quantitative estimate of drug-likeness (QED) is 0.112. The Labute approximate surface area is 253 Å². The molecule has 0 heterocycles. The van der Waals surface area contributed by atoms with Gasteiger partial charge in [-0.25, -0.2) is 16.8 Å². The highest BCUT2D eigenvalue weighted by Gasteiger charge is 2.24. The standard InChI is InChI=1S/C26H29N7O8S3/c27-11-13-42(35,36)19-6-2-17(3-7-19)30-32-21-10-1-16-15-22(44(39,40)41)25(24(29)23(16)26(21)34)33-31-18-4-8-20(9-5-18)43(37,38)14-12-28/h1-4,6-8,10,15,34H,5,9,11-14,27-29H2,(H,39,40,41). The SMILES string of the molecule is NCCS(=O)(=O)C1=CC=C(N=Nc2c(S(=O)(=O)O)cc3ccc(N=Nc4ccc(S(=O)(=O)CCN)cc4)c(O)c3c2N)CC1. The molecule has 0 aromatic heterocycles. The number of sulfone groups is 2. The van der Waals surface area contributed by atoms with Crippen molar-refractivity contribution in [1.82, 2.24) is 0 Å². The summed E-state index contributed by atoms with van der Waals surface area (Å²) in [5, 5.41) is 27.1. The first-order chi connectivity index (χ1) is 20.7. The molecule has 0 saturated heterocycles. The number of rotatable bonds is 11. The molecule has 0 saturated carbocycles. The van der Waals surface area contributed by atoms with Crippen LogP contribution in [0.15, 0.2) is 95.5 Å². The molecule has 0 aliphatic heterocycles. The number of azo groups is 2. The molecular weight excluding hydrogens is 635 g/mol. The summed E-state index contributed by atoms with van der Waals surface area (Å²) in [5.41, 5.74) is 16.7. The van der Waals surface area contributed by atoms with Crippen molar-refractivity contribution in [2.75, 3.05) is 30.3 Å². The average Bonchev–Trinajstić information content (AvgIpc) is 2.96. The third kappa shape index (κ3) is 7.17. The zero-order chi connectivity index (χ0) is 32.3. The van der Waals surface area contributed by atoms with Gasteiger partial charge in [0, 0.05) is 18.0 Å². The Balaban J connectivity index is 1.72. The number of anilines is 1. The third-order valence-electron chi connectivity index (χ3n) is 6.52. The minimum Gasteiger partial charge on any atom is -0.505 e. The Kier molecular flexibility index (Phi) is 9.62. The van der Waals surface area contributed by atoms with Crippen molar-refractivity contribution < 1.29 is 34.9 Å². The number of hydrogen-bond acceptors (Lipinski definition) is 14. The van der Waals surface area contributed by atoms with Crippen LogP contribution in [0.1, 0.15) is 12.8 Å². The van der Waals surface area contributed by atoms with Gasteiger partial charge in [0.25, 0.3) is 10.1 Å². The second-order valence-electron chi connectivity index (χ2n) is 9.54. The van der Waals surface area contributed by atoms with Crippen molar-refractivity contribution in [3.8, 4) is 5.75 Å². The lowest BCUT2D eigenvalue weighted by Gasteiger charge is -2.13. The van der Waals surface area contributed by atoms with E-state index in [-0.39, 0.29) is 75.1 Å². The van der Waals surface area contributed by atoms with Gasteiger partial charge in [-0.3, -0.25) is 4.55 Å². The number of aromatic hydroxyl groups is 1. The van der Waals surface area contributed by atoms with Crippen molar-refractivity contribution in [2.24, 2.45) is 31.9 Å². The number of phenolic OH excluding ortho intramolecular Hbond substituents is 1. The van der Waals surface area contributed by atoms with Crippen LogP contribution in [-0.4, -0.2) is 59.5 Å². The maximum atomic E-state index is 12.2. The van der Waals surface area contributed by atoms with Crippen LogP contribution in [0.4, 0.5) is 22.7 Å². The molecule has 0 radical (unpaired) electrons. The van der Waals surface area contributed by atoms with Gasteiger partial charge < -0.3 is 22.3 Å². The molecule has 0 amide bonds. The molecule has 44 heavy (non-hydrogen) atoms. The van der Waals surface area contributed by atoms with Crippen molar-refractivity contribution >= 4 is 63.3 Å². The van der Waals surface area contributed by atoms with Crippen molar-refractivity contribution in [2.45, 2.75) is 22.6 Å². The lowest BCUT2D eigenvalue weighted by molar-refractivity contribution is 0.481. The minimum atomic E-state index is -4.85. The molecule has 0 bridgehead atoms. The number of phenols is 1. The molecule has 8 N–H and O–H groups in total. The van der Waals surface area contributed by atoms with E-state index in [1.165, 1.54) is 48.6 Å². The van der Waals surface area contributed by atoms with E-state index in [4.69, 9.17) is 17.2 Å². The molecule has 0 unspecified atom stereocenters. The number of allylic oxidation sites excluding steroid dienone is 4. The largest absolute Gasteiger partial charge is 0.505 e. The normalized spacial score (nSPS) is 14.8. The first kappa shape index (κ1) is 32.8. The number of nitrogen functional groups attached to an aromatic ring is 1. The van der Waals surface area contributed by atoms with Gasteiger partial charge in [0.15, 0.2) is 25.4 Å². The lowest BCUT2D eigenvalue weighted by atomic mass is 10.1. The molecule has 3 aromatic rings. The van der Waals surface area contributed by atoms with Crippen LogP contribution < -0.4 is 17.2 Å². The zero-order valence-electron chi connectivity index (χ0n) is 23.0. The van der Waals surface area contributed by atoms with Crippen LogP contribution >= 0.6 is 0 Å². The van der Waals surface area contributed by atoms with Crippen molar-refractivity contribution in [1.29, 1.82) is 0 Å². The van der Waals surface area contributed by atoms with E-state index in [0.717, 1.165) is 6.07 Å². The molecule has 3 aromatic carbocycles. The molecule has 1 aliphatic rings. The van der Waals surface area contributed by atoms with Crippen LogP contribution in [0.25, 0.3) is 10.8 Å².